The molecule has 18 heavy (non-hydrogen) atoms. The summed E-state index contributed by atoms with van der Waals surface area (Å²) in [5, 5.41) is 0.663. The van der Waals surface area contributed by atoms with Crippen LogP contribution in [0.4, 0.5) is 0 Å². The summed E-state index contributed by atoms with van der Waals surface area (Å²) in [5.41, 5.74) is 2.34. The molecule has 0 aliphatic carbocycles. The highest BCUT2D eigenvalue weighted by Gasteiger charge is 2.08. The number of hydrogen-bond acceptors (Lipinski definition) is 2. The fourth-order valence-corrected chi connectivity index (χ4v) is 2.17. The van der Waals surface area contributed by atoms with Crippen LogP contribution in [0.1, 0.15) is 10.4 Å². The van der Waals surface area contributed by atoms with Crippen LogP contribution in [0, 0.1) is 0 Å². The van der Waals surface area contributed by atoms with Crippen LogP contribution in [0.3, 0.4) is 0 Å². The van der Waals surface area contributed by atoms with Crippen LogP contribution in [0.25, 0.3) is 16.9 Å². The van der Waals surface area contributed by atoms with Crippen LogP contribution < -0.4 is 0 Å². The summed E-state index contributed by atoms with van der Waals surface area (Å²) < 4.78 is 1.88. The number of benzene rings is 1. The largest absolute Gasteiger partial charge is 0.299 e. The lowest BCUT2D eigenvalue weighted by atomic mass is 10.2. The Kier molecular flexibility index (Phi) is 2.61. The number of pyridine rings is 1. The summed E-state index contributed by atoms with van der Waals surface area (Å²) in [6.45, 7) is 0. The predicted octanol–water partition coefficient (Wildman–Crippen LogP) is 3.47. The van der Waals surface area contributed by atoms with Gasteiger partial charge in [-0.25, -0.2) is 4.98 Å². The van der Waals surface area contributed by atoms with Gasteiger partial charge in [0.05, 0.1) is 11.7 Å². The van der Waals surface area contributed by atoms with E-state index < -0.39 is 0 Å². The minimum atomic E-state index is 0.623. The lowest BCUT2D eigenvalue weighted by molar-refractivity contribution is 0.112. The average molecular weight is 257 g/mol. The third-order valence-corrected chi connectivity index (χ3v) is 3.05. The van der Waals surface area contributed by atoms with Gasteiger partial charge in [-0.2, -0.15) is 0 Å². The summed E-state index contributed by atoms with van der Waals surface area (Å²) >= 11 is 5.98. The standard InChI is InChI=1S/C14H9ClN2O/c15-12-5-1-3-10(7-12)14-16-8-13-11(9-18)4-2-6-17(13)14/h1-9H. The highest BCUT2D eigenvalue weighted by atomic mass is 35.5. The van der Waals surface area contributed by atoms with Crippen molar-refractivity contribution in [3.05, 3.63) is 59.4 Å². The first-order valence-corrected chi connectivity index (χ1v) is 5.84. The van der Waals surface area contributed by atoms with Gasteiger partial charge in [-0.1, -0.05) is 23.7 Å². The molecule has 1 aromatic carbocycles. The van der Waals surface area contributed by atoms with E-state index in [4.69, 9.17) is 11.6 Å². The molecule has 0 bridgehead atoms. The molecule has 3 nitrogen and oxygen atoms in total. The number of carbonyl (C=O) groups is 1. The highest BCUT2D eigenvalue weighted by molar-refractivity contribution is 6.30. The number of carbonyl (C=O) groups excluding carboxylic acids is 1. The van der Waals surface area contributed by atoms with Crippen LogP contribution >= 0.6 is 11.6 Å². The maximum atomic E-state index is 11.0. The number of imidazole rings is 1. The molecule has 0 fully saturated rings. The first kappa shape index (κ1) is 11.0. The molecule has 0 unspecified atom stereocenters. The van der Waals surface area contributed by atoms with Crippen molar-refractivity contribution in [1.82, 2.24) is 9.38 Å². The Morgan fingerprint density at radius 2 is 2.11 bits per heavy atom. The Hall–Kier alpha value is -2.13. The minimum absolute atomic E-state index is 0.623. The van der Waals surface area contributed by atoms with Crippen LogP contribution in [-0.2, 0) is 0 Å². The van der Waals surface area contributed by atoms with Crippen molar-refractivity contribution in [2.75, 3.05) is 0 Å². The van der Waals surface area contributed by atoms with Crippen LogP contribution in [-0.4, -0.2) is 15.7 Å². The molecular weight excluding hydrogens is 248 g/mol. The van der Waals surface area contributed by atoms with Gasteiger partial charge in [0, 0.05) is 22.3 Å². The highest BCUT2D eigenvalue weighted by Crippen LogP contribution is 2.23. The zero-order valence-corrected chi connectivity index (χ0v) is 10.1. The quantitative estimate of drug-likeness (QED) is 0.658. The van der Waals surface area contributed by atoms with E-state index in [2.05, 4.69) is 4.98 Å². The Bertz CT molecular complexity index is 733. The van der Waals surface area contributed by atoms with Crippen molar-refractivity contribution in [2.45, 2.75) is 0 Å². The minimum Gasteiger partial charge on any atom is -0.299 e. The van der Waals surface area contributed by atoms with E-state index in [1.807, 2.05) is 40.9 Å². The van der Waals surface area contributed by atoms with Crippen molar-refractivity contribution in [1.29, 1.82) is 0 Å². The first-order valence-electron chi connectivity index (χ1n) is 5.47. The van der Waals surface area contributed by atoms with E-state index in [1.165, 1.54) is 0 Å². The third-order valence-electron chi connectivity index (χ3n) is 2.81. The van der Waals surface area contributed by atoms with Crippen molar-refractivity contribution >= 4 is 23.4 Å². The van der Waals surface area contributed by atoms with Gasteiger partial charge in [-0.3, -0.25) is 9.20 Å². The van der Waals surface area contributed by atoms with Gasteiger partial charge in [0.2, 0.25) is 0 Å². The molecule has 0 spiro atoms. The molecule has 0 amide bonds. The van der Waals surface area contributed by atoms with E-state index in [1.54, 1.807) is 12.3 Å². The van der Waals surface area contributed by atoms with E-state index in [9.17, 15) is 4.79 Å². The van der Waals surface area contributed by atoms with Crippen LogP contribution in [0.5, 0.6) is 0 Å². The Morgan fingerprint density at radius 3 is 2.89 bits per heavy atom. The van der Waals surface area contributed by atoms with Crippen molar-refractivity contribution < 1.29 is 4.79 Å². The number of nitrogens with zero attached hydrogens (tertiary/aromatic N) is 2. The van der Waals surface area contributed by atoms with Crippen LogP contribution in [0.2, 0.25) is 5.02 Å². The molecule has 0 saturated heterocycles. The maximum absolute atomic E-state index is 11.0. The molecule has 0 aliphatic heterocycles. The smallest absolute Gasteiger partial charge is 0.152 e. The van der Waals surface area contributed by atoms with E-state index in [0.29, 0.717) is 10.6 Å². The number of fused-ring (bicyclic) bond motifs is 1. The molecule has 3 rings (SSSR count). The average Bonchev–Trinajstić information content (AvgIpc) is 2.82. The molecular formula is C14H9ClN2O. The predicted molar refractivity (Wildman–Crippen MR) is 71.0 cm³/mol. The van der Waals surface area contributed by atoms with Gasteiger partial charge >= 0.3 is 0 Å². The molecule has 3 aromatic rings. The molecule has 2 aromatic heterocycles. The monoisotopic (exact) mass is 256 g/mol. The number of hydrogen-bond donors (Lipinski definition) is 0. The fourth-order valence-electron chi connectivity index (χ4n) is 1.98. The van der Waals surface area contributed by atoms with Crippen LogP contribution in [0.15, 0.2) is 48.8 Å². The summed E-state index contributed by atoms with van der Waals surface area (Å²) in [6.07, 6.45) is 4.41. The third kappa shape index (κ3) is 1.69. The zero-order valence-electron chi connectivity index (χ0n) is 9.38. The molecule has 0 N–H and O–H groups in total. The second-order valence-corrected chi connectivity index (χ2v) is 4.37. The number of aromatic nitrogens is 2. The zero-order chi connectivity index (χ0) is 12.5. The SMILES string of the molecule is O=Cc1cccn2c(-c3cccc(Cl)c3)ncc12. The molecule has 4 heteroatoms. The summed E-state index contributed by atoms with van der Waals surface area (Å²) in [4.78, 5) is 15.3. The van der Waals surface area contributed by atoms with Gasteiger partial charge in [0.25, 0.3) is 0 Å². The molecule has 0 saturated carbocycles. The number of aldehydes is 1. The van der Waals surface area contributed by atoms with Gasteiger partial charge in [0.15, 0.2) is 6.29 Å². The topological polar surface area (TPSA) is 34.4 Å². The summed E-state index contributed by atoms with van der Waals surface area (Å²) in [5.74, 6) is 0.774. The maximum Gasteiger partial charge on any atom is 0.152 e. The number of rotatable bonds is 2. The van der Waals surface area contributed by atoms with E-state index in [0.717, 1.165) is 23.2 Å². The molecule has 2 heterocycles. The van der Waals surface area contributed by atoms with Crippen molar-refractivity contribution in [3.63, 3.8) is 0 Å². The van der Waals surface area contributed by atoms with E-state index in [-0.39, 0.29) is 0 Å². The fraction of sp³-hybridized carbons (Fsp3) is 0. The Labute approximate surface area is 109 Å². The molecule has 0 radical (unpaired) electrons. The summed E-state index contributed by atoms with van der Waals surface area (Å²) in [7, 11) is 0. The molecule has 0 atom stereocenters. The van der Waals surface area contributed by atoms with E-state index >= 15 is 0 Å². The Balaban J connectivity index is 2.28. The first-order chi connectivity index (χ1) is 8.79. The second-order valence-electron chi connectivity index (χ2n) is 3.93. The van der Waals surface area contributed by atoms with Crippen molar-refractivity contribution in [2.24, 2.45) is 0 Å². The molecule has 88 valence electrons. The second kappa shape index (κ2) is 4.27. The number of halogens is 1. The lowest BCUT2D eigenvalue weighted by Crippen LogP contribution is -1.91. The lowest BCUT2D eigenvalue weighted by Gasteiger charge is -2.02. The normalized spacial score (nSPS) is 10.7. The Morgan fingerprint density at radius 1 is 1.22 bits per heavy atom. The van der Waals surface area contributed by atoms with Crippen molar-refractivity contribution in [3.8, 4) is 11.4 Å². The summed E-state index contributed by atoms with van der Waals surface area (Å²) in [6, 6.07) is 11.1. The molecule has 0 aliphatic rings. The van der Waals surface area contributed by atoms with Gasteiger partial charge in [-0.15, -0.1) is 0 Å². The van der Waals surface area contributed by atoms with Gasteiger partial charge in [0.1, 0.15) is 5.82 Å². The van der Waals surface area contributed by atoms with Gasteiger partial charge in [-0.05, 0) is 24.3 Å². The van der Waals surface area contributed by atoms with Gasteiger partial charge < -0.3 is 0 Å².